The molecule has 0 fully saturated rings. The van der Waals surface area contributed by atoms with Gasteiger partial charge >= 0.3 is 6.18 Å². The molecule has 2 amide bonds. The van der Waals surface area contributed by atoms with Crippen LogP contribution in [0.25, 0.3) is 0 Å². The van der Waals surface area contributed by atoms with E-state index in [4.69, 9.17) is 0 Å². The summed E-state index contributed by atoms with van der Waals surface area (Å²) in [5.41, 5.74) is -0.927. The van der Waals surface area contributed by atoms with E-state index < -0.39 is 29.4 Å². The summed E-state index contributed by atoms with van der Waals surface area (Å²) in [5, 5.41) is 4.89. The summed E-state index contributed by atoms with van der Waals surface area (Å²) < 4.78 is 51.5. The minimum atomic E-state index is -4.47. The van der Waals surface area contributed by atoms with E-state index in [2.05, 4.69) is 26.6 Å². The molecule has 138 valence electrons. The highest BCUT2D eigenvalue weighted by molar-refractivity contribution is 9.10. The first-order valence-electron chi connectivity index (χ1n) is 7.37. The van der Waals surface area contributed by atoms with Gasteiger partial charge in [0.15, 0.2) is 0 Å². The molecule has 9 heteroatoms. The van der Waals surface area contributed by atoms with Crippen molar-refractivity contribution in [3.63, 3.8) is 0 Å². The van der Waals surface area contributed by atoms with E-state index in [-0.39, 0.29) is 24.2 Å². The molecule has 0 aliphatic carbocycles. The first-order valence-corrected chi connectivity index (χ1v) is 8.16. The monoisotopic (exact) mass is 432 g/mol. The Morgan fingerprint density at radius 2 is 1.50 bits per heavy atom. The van der Waals surface area contributed by atoms with Gasteiger partial charge in [-0.2, -0.15) is 13.2 Å². The Hall–Kier alpha value is -2.42. The van der Waals surface area contributed by atoms with Crippen molar-refractivity contribution < 1.29 is 27.2 Å². The molecular formula is C17H13BrF4N2O2. The topological polar surface area (TPSA) is 58.2 Å². The fourth-order valence-electron chi connectivity index (χ4n) is 2.03. The molecule has 0 spiro atoms. The second kappa shape index (κ2) is 8.31. The van der Waals surface area contributed by atoms with Crippen LogP contribution < -0.4 is 10.6 Å². The Balaban J connectivity index is 1.82. The van der Waals surface area contributed by atoms with E-state index in [1.54, 1.807) is 0 Å². The molecule has 4 nitrogen and oxygen atoms in total. The van der Waals surface area contributed by atoms with Crippen LogP contribution in [0.5, 0.6) is 0 Å². The molecule has 2 N–H and O–H groups in total. The van der Waals surface area contributed by atoms with Crippen molar-refractivity contribution in [2.75, 3.05) is 13.1 Å². The van der Waals surface area contributed by atoms with Gasteiger partial charge in [-0.1, -0.05) is 15.9 Å². The van der Waals surface area contributed by atoms with Crippen LogP contribution in [0.4, 0.5) is 17.6 Å². The highest BCUT2D eigenvalue weighted by atomic mass is 79.9. The molecule has 0 heterocycles. The summed E-state index contributed by atoms with van der Waals surface area (Å²) in [6.45, 7) is 0.0600. The number of hydrogen-bond acceptors (Lipinski definition) is 2. The standard InChI is InChI=1S/C17H13BrF4N2O2/c18-12-5-6-13(14(19)9-12)16(26)24-8-7-23-15(25)10-1-3-11(4-2-10)17(20,21)22/h1-6,9H,7-8H2,(H,23,25)(H,24,26). The van der Waals surface area contributed by atoms with Gasteiger partial charge in [0, 0.05) is 23.1 Å². The third-order valence-electron chi connectivity index (χ3n) is 3.35. The molecule has 0 bridgehead atoms. The normalized spacial score (nSPS) is 11.1. The zero-order valence-corrected chi connectivity index (χ0v) is 14.7. The maximum absolute atomic E-state index is 13.6. The van der Waals surface area contributed by atoms with E-state index in [9.17, 15) is 27.2 Å². The molecule has 0 saturated heterocycles. The quantitative estimate of drug-likeness (QED) is 0.558. The lowest BCUT2D eigenvalue weighted by Crippen LogP contribution is -2.35. The third-order valence-corrected chi connectivity index (χ3v) is 3.84. The number of rotatable bonds is 5. The lowest BCUT2D eigenvalue weighted by Gasteiger charge is -2.09. The fourth-order valence-corrected chi connectivity index (χ4v) is 2.37. The van der Waals surface area contributed by atoms with Crippen LogP contribution >= 0.6 is 15.9 Å². The van der Waals surface area contributed by atoms with E-state index >= 15 is 0 Å². The molecule has 2 rings (SSSR count). The largest absolute Gasteiger partial charge is 0.416 e. The van der Waals surface area contributed by atoms with Crippen molar-refractivity contribution in [2.45, 2.75) is 6.18 Å². The Morgan fingerprint density at radius 1 is 0.923 bits per heavy atom. The predicted octanol–water partition coefficient (Wildman–Crippen LogP) is 3.77. The highest BCUT2D eigenvalue weighted by Gasteiger charge is 2.30. The second-order valence-corrected chi connectivity index (χ2v) is 6.13. The van der Waals surface area contributed by atoms with Crippen molar-refractivity contribution in [1.82, 2.24) is 10.6 Å². The number of nitrogens with one attached hydrogen (secondary N) is 2. The van der Waals surface area contributed by atoms with Crippen LogP contribution in [0.2, 0.25) is 0 Å². The Morgan fingerprint density at radius 3 is 2.04 bits per heavy atom. The van der Waals surface area contributed by atoms with Gasteiger partial charge in [0.05, 0.1) is 11.1 Å². The predicted molar refractivity (Wildman–Crippen MR) is 90.2 cm³/mol. The maximum atomic E-state index is 13.6. The zero-order valence-electron chi connectivity index (χ0n) is 13.2. The summed E-state index contributed by atoms with van der Waals surface area (Å²) in [4.78, 5) is 23.7. The molecule has 0 radical (unpaired) electrons. The highest BCUT2D eigenvalue weighted by Crippen LogP contribution is 2.29. The number of carbonyl (C=O) groups excluding carboxylic acids is 2. The number of halogens is 5. The van der Waals surface area contributed by atoms with Crippen molar-refractivity contribution in [3.05, 3.63) is 69.4 Å². The molecule has 0 aliphatic heterocycles. The average Bonchev–Trinajstić information content (AvgIpc) is 2.57. The molecule has 26 heavy (non-hydrogen) atoms. The van der Waals surface area contributed by atoms with Crippen molar-refractivity contribution >= 4 is 27.7 Å². The van der Waals surface area contributed by atoms with Crippen molar-refractivity contribution in [3.8, 4) is 0 Å². The van der Waals surface area contributed by atoms with Gasteiger partial charge in [-0.15, -0.1) is 0 Å². The molecular weight excluding hydrogens is 420 g/mol. The number of amides is 2. The third kappa shape index (κ3) is 5.29. The van der Waals surface area contributed by atoms with Crippen LogP contribution in [-0.4, -0.2) is 24.9 Å². The number of benzene rings is 2. The number of alkyl halides is 3. The van der Waals surface area contributed by atoms with E-state index in [1.807, 2.05) is 0 Å². The van der Waals surface area contributed by atoms with Crippen molar-refractivity contribution in [2.24, 2.45) is 0 Å². The molecule has 0 aliphatic rings. The van der Waals surface area contributed by atoms with Gasteiger partial charge in [0.25, 0.3) is 11.8 Å². The van der Waals surface area contributed by atoms with Crippen LogP contribution in [0.15, 0.2) is 46.9 Å². The lowest BCUT2D eigenvalue weighted by atomic mass is 10.1. The Kier molecular flexibility index (Phi) is 6.36. The fraction of sp³-hybridized carbons (Fsp3) is 0.176. The average molecular weight is 433 g/mol. The molecule has 0 unspecified atom stereocenters. The number of hydrogen-bond donors (Lipinski definition) is 2. The first-order chi connectivity index (χ1) is 12.2. The van der Waals surface area contributed by atoms with Gasteiger partial charge in [-0.3, -0.25) is 9.59 Å². The summed E-state index contributed by atoms with van der Waals surface area (Å²) in [5.74, 6) is -1.91. The van der Waals surface area contributed by atoms with Gasteiger partial charge in [0.2, 0.25) is 0 Å². The minimum absolute atomic E-state index is 0.0285. The Labute approximate surface area is 154 Å². The summed E-state index contributed by atoms with van der Waals surface area (Å²) in [7, 11) is 0. The zero-order chi connectivity index (χ0) is 19.3. The van der Waals surface area contributed by atoms with E-state index in [0.29, 0.717) is 4.47 Å². The van der Waals surface area contributed by atoms with Crippen LogP contribution in [0.3, 0.4) is 0 Å². The summed E-state index contributed by atoms with van der Waals surface area (Å²) in [6, 6.07) is 7.74. The molecule has 0 atom stereocenters. The van der Waals surface area contributed by atoms with Gasteiger partial charge < -0.3 is 10.6 Å². The first kappa shape index (κ1) is 19.9. The molecule has 0 aromatic heterocycles. The second-order valence-electron chi connectivity index (χ2n) is 5.21. The van der Waals surface area contributed by atoms with Crippen LogP contribution in [0, 0.1) is 5.82 Å². The molecule has 0 saturated carbocycles. The van der Waals surface area contributed by atoms with Crippen LogP contribution in [-0.2, 0) is 6.18 Å². The smallest absolute Gasteiger partial charge is 0.350 e. The summed E-state index contributed by atoms with van der Waals surface area (Å²) >= 11 is 3.08. The summed E-state index contributed by atoms with van der Waals surface area (Å²) in [6.07, 6.45) is -4.47. The molecule has 2 aromatic carbocycles. The van der Waals surface area contributed by atoms with Gasteiger partial charge in [-0.25, -0.2) is 4.39 Å². The SMILES string of the molecule is O=C(NCCNC(=O)c1ccc(Br)cc1F)c1ccc(C(F)(F)F)cc1. The van der Waals surface area contributed by atoms with Gasteiger partial charge in [-0.05, 0) is 42.5 Å². The van der Waals surface area contributed by atoms with Gasteiger partial charge in [0.1, 0.15) is 5.82 Å². The van der Waals surface area contributed by atoms with Crippen molar-refractivity contribution in [1.29, 1.82) is 0 Å². The Bertz CT molecular complexity index is 807. The molecule has 2 aromatic rings. The maximum Gasteiger partial charge on any atom is 0.416 e. The number of carbonyl (C=O) groups is 2. The minimum Gasteiger partial charge on any atom is -0.350 e. The van der Waals surface area contributed by atoms with Crippen LogP contribution in [0.1, 0.15) is 26.3 Å². The lowest BCUT2D eigenvalue weighted by molar-refractivity contribution is -0.137. The van der Waals surface area contributed by atoms with E-state index in [1.165, 1.54) is 12.1 Å². The van der Waals surface area contributed by atoms with E-state index in [0.717, 1.165) is 30.3 Å².